The van der Waals surface area contributed by atoms with E-state index in [0.717, 1.165) is 10.5 Å². The van der Waals surface area contributed by atoms with E-state index in [2.05, 4.69) is 16.0 Å². The van der Waals surface area contributed by atoms with Gasteiger partial charge in [-0.1, -0.05) is 24.3 Å². The van der Waals surface area contributed by atoms with E-state index >= 15 is 0 Å². The summed E-state index contributed by atoms with van der Waals surface area (Å²) >= 11 is 0. The molecule has 0 saturated heterocycles. The number of imide groups is 1. The zero-order valence-corrected chi connectivity index (χ0v) is 20.0. The number of benzene rings is 2. The highest BCUT2D eigenvalue weighted by Crippen LogP contribution is 2.25. The van der Waals surface area contributed by atoms with Gasteiger partial charge in [0, 0.05) is 12.2 Å². The number of anilines is 1. The number of fused-ring (bicyclic) bond motifs is 1. The predicted molar refractivity (Wildman–Crippen MR) is 128 cm³/mol. The van der Waals surface area contributed by atoms with Gasteiger partial charge in [0.25, 0.3) is 11.8 Å². The molecule has 10 heteroatoms. The van der Waals surface area contributed by atoms with Gasteiger partial charge in [0.1, 0.15) is 18.2 Å². The molecule has 1 unspecified atom stereocenters. The molecule has 0 aromatic heterocycles. The second kappa shape index (κ2) is 10.4. The molecule has 184 valence electrons. The van der Waals surface area contributed by atoms with E-state index in [1.807, 2.05) is 0 Å². The zero-order valence-electron chi connectivity index (χ0n) is 20.0. The van der Waals surface area contributed by atoms with E-state index in [1.54, 1.807) is 69.3 Å². The lowest BCUT2D eigenvalue weighted by Crippen LogP contribution is -2.45. The summed E-state index contributed by atoms with van der Waals surface area (Å²) in [4.78, 5) is 62.4. The van der Waals surface area contributed by atoms with Crippen molar-refractivity contribution in [3.8, 4) is 0 Å². The van der Waals surface area contributed by atoms with Crippen LogP contribution in [0.2, 0.25) is 0 Å². The molecular formula is C25H28N4O6. The van der Waals surface area contributed by atoms with Gasteiger partial charge < -0.3 is 20.7 Å². The standard InChI is InChI=1S/C25H28N4O6/c1-15(29-22(32)18-7-5-6-8-19(18)23(29)33)21(31)28-17-11-9-16(10-12-17)13-26-20(30)14-27-24(34)35-25(2,3)4/h5-12,15H,13-14H2,1-4H3,(H,26,30)(H,27,34)(H,28,31). The van der Waals surface area contributed by atoms with Crippen LogP contribution in [0.4, 0.5) is 10.5 Å². The van der Waals surface area contributed by atoms with Gasteiger partial charge in [-0.15, -0.1) is 0 Å². The van der Waals surface area contributed by atoms with Crippen LogP contribution in [0.1, 0.15) is 54.0 Å². The first-order chi connectivity index (χ1) is 16.5. The topological polar surface area (TPSA) is 134 Å². The summed E-state index contributed by atoms with van der Waals surface area (Å²) < 4.78 is 5.07. The van der Waals surface area contributed by atoms with Crippen LogP contribution in [0.5, 0.6) is 0 Å². The lowest BCUT2D eigenvalue weighted by atomic mass is 10.1. The maximum absolute atomic E-state index is 12.7. The van der Waals surface area contributed by atoms with E-state index in [9.17, 15) is 24.0 Å². The quantitative estimate of drug-likeness (QED) is 0.521. The predicted octanol–water partition coefficient (Wildman–Crippen LogP) is 2.45. The van der Waals surface area contributed by atoms with Crippen molar-refractivity contribution in [1.82, 2.24) is 15.5 Å². The number of amides is 5. The van der Waals surface area contributed by atoms with Gasteiger partial charge in [0.2, 0.25) is 11.8 Å². The molecule has 1 aliphatic rings. The van der Waals surface area contributed by atoms with Crippen LogP contribution < -0.4 is 16.0 Å². The second-order valence-electron chi connectivity index (χ2n) is 9.02. The summed E-state index contributed by atoms with van der Waals surface area (Å²) in [5.41, 5.74) is 1.15. The Morgan fingerprint density at radius 1 is 0.914 bits per heavy atom. The zero-order chi connectivity index (χ0) is 25.8. The summed E-state index contributed by atoms with van der Waals surface area (Å²) in [6.45, 7) is 6.66. The summed E-state index contributed by atoms with van der Waals surface area (Å²) in [5.74, 6) is -1.89. The maximum atomic E-state index is 12.7. The van der Waals surface area contributed by atoms with Crippen molar-refractivity contribution < 1.29 is 28.7 Å². The highest BCUT2D eigenvalue weighted by atomic mass is 16.6. The number of hydrogen-bond donors (Lipinski definition) is 3. The molecule has 10 nitrogen and oxygen atoms in total. The number of carbonyl (C=O) groups is 5. The summed E-state index contributed by atoms with van der Waals surface area (Å²) in [7, 11) is 0. The number of ether oxygens (including phenoxy) is 1. The Morgan fingerprint density at radius 2 is 1.49 bits per heavy atom. The van der Waals surface area contributed by atoms with E-state index in [-0.39, 0.29) is 30.1 Å². The molecular weight excluding hydrogens is 452 g/mol. The molecule has 0 saturated carbocycles. The molecule has 0 aliphatic carbocycles. The minimum atomic E-state index is -1.00. The minimum absolute atomic E-state index is 0.217. The number of rotatable bonds is 7. The molecule has 2 aromatic rings. The molecule has 3 rings (SSSR count). The van der Waals surface area contributed by atoms with E-state index in [0.29, 0.717) is 5.69 Å². The average Bonchev–Trinajstić information content (AvgIpc) is 3.05. The molecule has 0 fully saturated rings. The number of alkyl carbamates (subject to hydrolysis) is 1. The third-order valence-electron chi connectivity index (χ3n) is 5.10. The van der Waals surface area contributed by atoms with Gasteiger partial charge in [-0.25, -0.2) is 4.79 Å². The first kappa shape index (κ1) is 25.4. The number of nitrogens with one attached hydrogen (secondary N) is 3. The van der Waals surface area contributed by atoms with Gasteiger partial charge in [-0.2, -0.15) is 0 Å². The Labute approximate surface area is 203 Å². The Bertz CT molecular complexity index is 1120. The largest absolute Gasteiger partial charge is 0.444 e. The highest BCUT2D eigenvalue weighted by Gasteiger charge is 2.40. The fraction of sp³-hybridized carbons (Fsp3) is 0.320. The van der Waals surface area contributed by atoms with Crippen molar-refractivity contribution in [1.29, 1.82) is 0 Å². The maximum Gasteiger partial charge on any atom is 0.408 e. The third-order valence-corrected chi connectivity index (χ3v) is 5.10. The van der Waals surface area contributed by atoms with E-state index in [4.69, 9.17) is 4.74 Å². The Morgan fingerprint density at radius 3 is 2.03 bits per heavy atom. The Kier molecular flexibility index (Phi) is 7.53. The molecule has 0 spiro atoms. The van der Waals surface area contributed by atoms with Crippen LogP contribution in [-0.2, 0) is 20.9 Å². The van der Waals surface area contributed by atoms with Crippen LogP contribution in [0, 0.1) is 0 Å². The molecule has 3 N–H and O–H groups in total. The number of carbonyl (C=O) groups excluding carboxylic acids is 5. The van der Waals surface area contributed by atoms with Gasteiger partial charge in [-0.3, -0.25) is 24.1 Å². The molecule has 0 radical (unpaired) electrons. The van der Waals surface area contributed by atoms with Gasteiger partial charge >= 0.3 is 6.09 Å². The lowest BCUT2D eigenvalue weighted by molar-refractivity contribution is -0.120. The Hall–Kier alpha value is -4.21. The highest BCUT2D eigenvalue weighted by molar-refractivity contribution is 6.23. The number of nitrogens with zero attached hydrogens (tertiary/aromatic N) is 1. The van der Waals surface area contributed by atoms with Crippen LogP contribution in [0.3, 0.4) is 0 Å². The molecule has 5 amide bonds. The first-order valence-electron chi connectivity index (χ1n) is 11.1. The summed E-state index contributed by atoms with van der Waals surface area (Å²) in [6.07, 6.45) is -0.678. The smallest absolute Gasteiger partial charge is 0.408 e. The molecule has 35 heavy (non-hydrogen) atoms. The van der Waals surface area contributed by atoms with Gasteiger partial charge in [-0.05, 0) is 57.5 Å². The lowest BCUT2D eigenvalue weighted by Gasteiger charge is -2.21. The van der Waals surface area contributed by atoms with Crippen molar-refractivity contribution in [2.45, 2.75) is 45.9 Å². The second-order valence-corrected chi connectivity index (χ2v) is 9.02. The first-order valence-corrected chi connectivity index (χ1v) is 11.1. The van der Waals surface area contributed by atoms with E-state index in [1.165, 1.54) is 6.92 Å². The normalized spacial score (nSPS) is 13.7. The van der Waals surface area contributed by atoms with Crippen LogP contribution >= 0.6 is 0 Å². The minimum Gasteiger partial charge on any atom is -0.444 e. The molecule has 1 heterocycles. The summed E-state index contributed by atoms with van der Waals surface area (Å²) in [6, 6.07) is 12.2. The van der Waals surface area contributed by atoms with Crippen molar-refractivity contribution in [3.63, 3.8) is 0 Å². The van der Waals surface area contributed by atoms with Gasteiger partial charge in [0.05, 0.1) is 11.1 Å². The summed E-state index contributed by atoms with van der Waals surface area (Å²) in [5, 5.41) is 7.75. The third kappa shape index (κ3) is 6.44. The monoisotopic (exact) mass is 480 g/mol. The van der Waals surface area contributed by atoms with Crippen LogP contribution in [-0.4, -0.2) is 52.8 Å². The van der Waals surface area contributed by atoms with E-state index < -0.39 is 35.5 Å². The van der Waals surface area contributed by atoms with Crippen molar-refractivity contribution >= 4 is 35.4 Å². The van der Waals surface area contributed by atoms with Crippen LogP contribution in [0.15, 0.2) is 48.5 Å². The van der Waals surface area contributed by atoms with Gasteiger partial charge in [0.15, 0.2) is 0 Å². The molecule has 1 aliphatic heterocycles. The number of hydrogen-bond acceptors (Lipinski definition) is 6. The van der Waals surface area contributed by atoms with Crippen molar-refractivity contribution in [2.24, 2.45) is 0 Å². The van der Waals surface area contributed by atoms with Crippen molar-refractivity contribution in [3.05, 3.63) is 65.2 Å². The molecule has 1 atom stereocenters. The fourth-order valence-corrected chi connectivity index (χ4v) is 3.36. The van der Waals surface area contributed by atoms with Crippen LogP contribution in [0.25, 0.3) is 0 Å². The fourth-order valence-electron chi connectivity index (χ4n) is 3.36. The Balaban J connectivity index is 1.48. The van der Waals surface area contributed by atoms with Crippen molar-refractivity contribution in [2.75, 3.05) is 11.9 Å². The molecule has 2 aromatic carbocycles. The average molecular weight is 481 g/mol. The SMILES string of the molecule is CC(C(=O)Nc1ccc(CNC(=O)CNC(=O)OC(C)(C)C)cc1)N1C(=O)c2ccccc2C1=O. The molecule has 0 bridgehead atoms.